The quantitative estimate of drug-likeness (QED) is 0.838. The lowest BCUT2D eigenvalue weighted by molar-refractivity contribution is -0.142. The summed E-state index contributed by atoms with van der Waals surface area (Å²) in [5.74, 6) is 0.255. The molecule has 0 radical (unpaired) electrons. The number of nitrogens with one attached hydrogen (secondary N) is 1. The second-order valence-corrected chi connectivity index (χ2v) is 8.85. The Morgan fingerprint density at radius 3 is 2.45 bits per heavy atom. The first kappa shape index (κ1) is 20.4. The van der Waals surface area contributed by atoms with Gasteiger partial charge in [0.1, 0.15) is 0 Å². The van der Waals surface area contributed by atoms with Crippen molar-refractivity contribution in [3.05, 3.63) is 35.4 Å². The topological polar surface area (TPSA) is 55.9 Å². The van der Waals surface area contributed by atoms with Gasteiger partial charge in [0.2, 0.25) is 11.8 Å². The van der Waals surface area contributed by atoms with E-state index in [1.54, 1.807) is 4.90 Å². The number of hydrogen-bond donors (Lipinski definition) is 1. The van der Waals surface area contributed by atoms with Crippen LogP contribution < -0.4 is 5.32 Å². The second-order valence-electron chi connectivity index (χ2n) is 8.85. The maximum atomic E-state index is 12.7. The van der Waals surface area contributed by atoms with Crippen molar-refractivity contribution in [2.45, 2.75) is 45.2 Å². The zero-order valence-electron chi connectivity index (χ0n) is 17.6. The lowest BCUT2D eigenvalue weighted by Gasteiger charge is -2.42. The van der Waals surface area contributed by atoms with Crippen molar-refractivity contribution in [1.29, 1.82) is 0 Å². The Morgan fingerprint density at radius 1 is 1.03 bits per heavy atom. The van der Waals surface area contributed by atoms with Crippen LogP contribution in [0.4, 0.5) is 0 Å². The lowest BCUT2D eigenvalue weighted by Crippen LogP contribution is -2.53. The van der Waals surface area contributed by atoms with E-state index in [-0.39, 0.29) is 24.3 Å². The van der Waals surface area contributed by atoms with Gasteiger partial charge in [0.05, 0.1) is 6.54 Å². The Kier molecular flexibility index (Phi) is 6.50. The lowest BCUT2D eigenvalue weighted by atomic mass is 9.92. The molecule has 6 heteroatoms. The first-order valence-electron chi connectivity index (χ1n) is 11.2. The summed E-state index contributed by atoms with van der Waals surface area (Å²) in [4.78, 5) is 31.3. The molecule has 0 unspecified atom stereocenters. The minimum atomic E-state index is -0.0282. The molecule has 3 fully saturated rings. The van der Waals surface area contributed by atoms with Crippen molar-refractivity contribution in [2.24, 2.45) is 5.92 Å². The van der Waals surface area contributed by atoms with Crippen molar-refractivity contribution in [1.82, 2.24) is 20.0 Å². The van der Waals surface area contributed by atoms with Crippen LogP contribution in [-0.2, 0) is 16.1 Å². The third-order valence-electron chi connectivity index (χ3n) is 6.96. The average molecular weight is 399 g/mol. The molecule has 0 aromatic heterocycles. The Hall–Kier alpha value is -1.92. The predicted octanol–water partition coefficient (Wildman–Crippen LogP) is 1.63. The number of carbonyl (C=O) groups is 2. The van der Waals surface area contributed by atoms with Crippen LogP contribution in [0.1, 0.15) is 36.8 Å². The minimum absolute atomic E-state index is 0.0282. The molecule has 6 nitrogen and oxygen atoms in total. The first-order chi connectivity index (χ1) is 14.1. The number of piperidine rings is 2. The summed E-state index contributed by atoms with van der Waals surface area (Å²) in [6, 6.07) is 9.34. The Balaban J connectivity index is 1.21. The molecule has 3 aliphatic rings. The van der Waals surface area contributed by atoms with Crippen LogP contribution >= 0.6 is 0 Å². The Labute approximate surface area is 174 Å². The summed E-state index contributed by atoms with van der Waals surface area (Å²) in [5, 5.41) is 2.80. The molecule has 0 aliphatic carbocycles. The summed E-state index contributed by atoms with van der Waals surface area (Å²) in [6.45, 7) is 9.07. The van der Waals surface area contributed by atoms with E-state index < -0.39 is 0 Å². The third kappa shape index (κ3) is 4.98. The van der Waals surface area contributed by atoms with Crippen LogP contribution in [0.15, 0.2) is 24.3 Å². The maximum absolute atomic E-state index is 12.7. The van der Waals surface area contributed by atoms with Crippen molar-refractivity contribution in [3.63, 3.8) is 0 Å². The minimum Gasteiger partial charge on any atom is -0.353 e. The predicted molar refractivity (Wildman–Crippen MR) is 113 cm³/mol. The molecule has 0 spiro atoms. The number of hydrogen-bond acceptors (Lipinski definition) is 4. The zero-order chi connectivity index (χ0) is 20.2. The number of carbonyl (C=O) groups excluding carboxylic acids is 2. The number of benzene rings is 1. The fourth-order valence-electron chi connectivity index (χ4n) is 5.07. The number of piperazine rings is 1. The highest BCUT2D eigenvalue weighted by molar-refractivity contribution is 5.87. The molecule has 1 aromatic carbocycles. The van der Waals surface area contributed by atoms with Gasteiger partial charge < -0.3 is 15.1 Å². The normalized spacial score (nSPS) is 23.2. The third-order valence-corrected chi connectivity index (χ3v) is 6.96. The van der Waals surface area contributed by atoms with Crippen LogP contribution in [0.3, 0.4) is 0 Å². The van der Waals surface area contributed by atoms with Gasteiger partial charge in [-0.1, -0.05) is 24.3 Å². The van der Waals surface area contributed by atoms with Gasteiger partial charge in [-0.2, -0.15) is 0 Å². The smallest absolute Gasteiger partial charge is 0.239 e. The van der Waals surface area contributed by atoms with Crippen molar-refractivity contribution < 1.29 is 9.59 Å². The molecular formula is C23H34N4O2. The van der Waals surface area contributed by atoms with E-state index in [0.29, 0.717) is 19.1 Å². The van der Waals surface area contributed by atoms with Crippen molar-refractivity contribution in [2.75, 3.05) is 45.8 Å². The van der Waals surface area contributed by atoms with E-state index in [2.05, 4.69) is 46.3 Å². The van der Waals surface area contributed by atoms with Crippen LogP contribution in [0.25, 0.3) is 0 Å². The second kappa shape index (κ2) is 9.26. The molecule has 0 atom stereocenters. The van der Waals surface area contributed by atoms with E-state index in [9.17, 15) is 9.59 Å². The van der Waals surface area contributed by atoms with Crippen LogP contribution in [0.2, 0.25) is 0 Å². The molecule has 4 rings (SSSR count). The fraction of sp³-hybridized carbons (Fsp3) is 0.652. The summed E-state index contributed by atoms with van der Waals surface area (Å²) < 4.78 is 0. The number of amides is 2. The van der Waals surface area contributed by atoms with Crippen LogP contribution in [0, 0.1) is 12.8 Å². The molecule has 0 bridgehead atoms. The maximum Gasteiger partial charge on any atom is 0.239 e. The van der Waals surface area contributed by atoms with E-state index >= 15 is 0 Å². The van der Waals surface area contributed by atoms with E-state index in [0.717, 1.165) is 45.6 Å². The van der Waals surface area contributed by atoms with Crippen molar-refractivity contribution in [3.8, 4) is 0 Å². The molecule has 0 saturated carbocycles. The molecule has 3 aliphatic heterocycles. The standard InChI is InChI=1S/C23H34N4O2/c1-18-4-2-3-5-20(18)16-25-11-8-21(9-12-25)26-13-6-19(7-14-26)23(29)27-15-10-24-22(28)17-27/h2-5,19,21H,6-17H2,1H3,(H,24,28). The molecule has 3 heterocycles. The van der Waals surface area contributed by atoms with Gasteiger partial charge in [-0.05, 0) is 69.9 Å². The van der Waals surface area contributed by atoms with Gasteiger partial charge in [0.25, 0.3) is 0 Å². The SMILES string of the molecule is Cc1ccccc1CN1CCC(N2CCC(C(=O)N3CCNC(=O)C3)CC2)CC1. The molecular weight excluding hydrogens is 364 g/mol. The van der Waals surface area contributed by atoms with Crippen LogP contribution in [0.5, 0.6) is 0 Å². The largest absolute Gasteiger partial charge is 0.353 e. The molecule has 3 saturated heterocycles. The zero-order valence-corrected chi connectivity index (χ0v) is 17.6. The molecule has 1 N–H and O–H groups in total. The summed E-state index contributed by atoms with van der Waals surface area (Å²) in [5.41, 5.74) is 2.82. The Bertz CT molecular complexity index is 721. The fourth-order valence-corrected chi connectivity index (χ4v) is 5.07. The highest BCUT2D eigenvalue weighted by atomic mass is 16.2. The van der Waals surface area contributed by atoms with Gasteiger partial charge in [-0.3, -0.25) is 14.5 Å². The van der Waals surface area contributed by atoms with Gasteiger partial charge in [0.15, 0.2) is 0 Å². The van der Waals surface area contributed by atoms with Crippen molar-refractivity contribution >= 4 is 11.8 Å². The van der Waals surface area contributed by atoms with Gasteiger partial charge in [-0.15, -0.1) is 0 Å². The van der Waals surface area contributed by atoms with Crippen LogP contribution in [-0.4, -0.2) is 78.4 Å². The average Bonchev–Trinajstić information content (AvgIpc) is 2.75. The number of aryl methyl sites for hydroxylation is 1. The summed E-state index contributed by atoms with van der Waals surface area (Å²) >= 11 is 0. The number of rotatable bonds is 4. The molecule has 1 aromatic rings. The van der Waals surface area contributed by atoms with E-state index in [1.165, 1.54) is 24.0 Å². The molecule has 2 amide bonds. The van der Waals surface area contributed by atoms with Gasteiger partial charge in [0, 0.05) is 31.6 Å². The van der Waals surface area contributed by atoms with E-state index in [4.69, 9.17) is 0 Å². The summed E-state index contributed by atoms with van der Waals surface area (Å²) in [6.07, 6.45) is 4.30. The first-order valence-corrected chi connectivity index (χ1v) is 11.2. The molecule has 29 heavy (non-hydrogen) atoms. The van der Waals surface area contributed by atoms with E-state index in [1.807, 2.05) is 0 Å². The number of likely N-dealkylation sites (tertiary alicyclic amines) is 2. The highest BCUT2D eigenvalue weighted by Crippen LogP contribution is 2.26. The van der Waals surface area contributed by atoms with Gasteiger partial charge in [-0.25, -0.2) is 0 Å². The van der Waals surface area contributed by atoms with Gasteiger partial charge >= 0.3 is 0 Å². The Morgan fingerprint density at radius 2 is 1.76 bits per heavy atom. The molecule has 158 valence electrons. The summed E-state index contributed by atoms with van der Waals surface area (Å²) in [7, 11) is 0. The monoisotopic (exact) mass is 398 g/mol. The highest BCUT2D eigenvalue weighted by Gasteiger charge is 2.33. The number of nitrogens with zero attached hydrogens (tertiary/aromatic N) is 3.